The van der Waals surface area contributed by atoms with E-state index in [9.17, 15) is 4.79 Å². The first kappa shape index (κ1) is 13.7. The first-order chi connectivity index (χ1) is 8.06. The largest absolute Gasteiger partial charge is 0.469 e. The van der Waals surface area contributed by atoms with Crippen molar-refractivity contribution in [2.75, 3.05) is 7.11 Å². The van der Waals surface area contributed by atoms with Crippen LogP contribution in [0.5, 0.6) is 0 Å². The lowest BCUT2D eigenvalue weighted by molar-refractivity contribution is -0.141. The summed E-state index contributed by atoms with van der Waals surface area (Å²) in [5.41, 5.74) is 2.29. The van der Waals surface area contributed by atoms with Crippen LogP contribution in [0, 0.1) is 0 Å². The first-order valence-electron chi connectivity index (χ1n) is 5.88. The quantitative estimate of drug-likeness (QED) is 0.753. The predicted octanol–water partition coefficient (Wildman–Crippen LogP) is 1.02. The standard InChI is InChI=1S/C12H21N3O2/c1-5-11-10(8-15(3)14-11)7-13-9(2)6-12(16)17-4/h8-9,13H,5-7H2,1-4H3. The summed E-state index contributed by atoms with van der Waals surface area (Å²) < 4.78 is 6.45. The van der Waals surface area contributed by atoms with Crippen LogP contribution < -0.4 is 5.32 Å². The number of rotatable bonds is 6. The molecule has 1 aromatic heterocycles. The Morgan fingerprint density at radius 3 is 2.94 bits per heavy atom. The molecule has 1 heterocycles. The molecular weight excluding hydrogens is 218 g/mol. The maximum absolute atomic E-state index is 11.1. The van der Waals surface area contributed by atoms with E-state index in [0.717, 1.165) is 18.7 Å². The van der Waals surface area contributed by atoms with Gasteiger partial charge in [0, 0.05) is 31.4 Å². The third-order valence-electron chi connectivity index (χ3n) is 2.67. The van der Waals surface area contributed by atoms with Gasteiger partial charge < -0.3 is 10.1 Å². The van der Waals surface area contributed by atoms with Crippen molar-refractivity contribution in [2.24, 2.45) is 7.05 Å². The van der Waals surface area contributed by atoms with Crippen molar-refractivity contribution in [1.82, 2.24) is 15.1 Å². The molecular formula is C12H21N3O2. The second kappa shape index (κ2) is 6.39. The van der Waals surface area contributed by atoms with Crippen molar-refractivity contribution in [3.63, 3.8) is 0 Å². The van der Waals surface area contributed by atoms with Crippen LogP contribution in [0.1, 0.15) is 31.5 Å². The molecule has 17 heavy (non-hydrogen) atoms. The molecule has 0 saturated heterocycles. The molecule has 0 bridgehead atoms. The fourth-order valence-electron chi connectivity index (χ4n) is 1.72. The van der Waals surface area contributed by atoms with Crippen molar-refractivity contribution in [2.45, 2.75) is 39.3 Å². The van der Waals surface area contributed by atoms with Crippen LogP contribution in [0.4, 0.5) is 0 Å². The molecule has 0 radical (unpaired) electrons. The minimum Gasteiger partial charge on any atom is -0.469 e. The van der Waals surface area contributed by atoms with Gasteiger partial charge in [0.1, 0.15) is 0 Å². The van der Waals surface area contributed by atoms with Crippen LogP contribution in [-0.4, -0.2) is 28.9 Å². The topological polar surface area (TPSA) is 56.2 Å². The van der Waals surface area contributed by atoms with Gasteiger partial charge in [-0.15, -0.1) is 0 Å². The summed E-state index contributed by atoms with van der Waals surface area (Å²) in [6.07, 6.45) is 3.32. The molecule has 1 atom stereocenters. The summed E-state index contributed by atoms with van der Waals surface area (Å²) in [5.74, 6) is -0.188. The summed E-state index contributed by atoms with van der Waals surface area (Å²) in [6, 6.07) is 0.104. The molecule has 1 rings (SSSR count). The van der Waals surface area contributed by atoms with Crippen LogP contribution in [0.2, 0.25) is 0 Å². The minimum atomic E-state index is -0.188. The van der Waals surface area contributed by atoms with E-state index in [1.54, 1.807) is 0 Å². The Morgan fingerprint density at radius 1 is 1.65 bits per heavy atom. The summed E-state index contributed by atoms with van der Waals surface area (Å²) >= 11 is 0. The van der Waals surface area contributed by atoms with Gasteiger partial charge in [0.25, 0.3) is 0 Å². The van der Waals surface area contributed by atoms with E-state index in [1.165, 1.54) is 12.7 Å². The van der Waals surface area contributed by atoms with Gasteiger partial charge >= 0.3 is 5.97 Å². The Labute approximate surface area is 102 Å². The number of methoxy groups -OCH3 is 1. The number of aromatic nitrogens is 2. The van der Waals surface area contributed by atoms with Gasteiger partial charge in [-0.2, -0.15) is 5.10 Å². The van der Waals surface area contributed by atoms with E-state index in [-0.39, 0.29) is 12.0 Å². The SMILES string of the molecule is CCc1nn(C)cc1CNC(C)CC(=O)OC. The number of nitrogens with one attached hydrogen (secondary N) is 1. The van der Waals surface area contributed by atoms with Gasteiger partial charge in [-0.05, 0) is 13.3 Å². The van der Waals surface area contributed by atoms with Crippen molar-refractivity contribution < 1.29 is 9.53 Å². The van der Waals surface area contributed by atoms with E-state index in [4.69, 9.17) is 0 Å². The zero-order valence-electron chi connectivity index (χ0n) is 11.0. The summed E-state index contributed by atoms with van der Waals surface area (Å²) in [6.45, 7) is 4.79. The molecule has 96 valence electrons. The molecule has 1 aromatic rings. The molecule has 0 fully saturated rings. The number of carbonyl (C=O) groups excluding carboxylic acids is 1. The second-order valence-corrected chi connectivity index (χ2v) is 4.19. The highest BCUT2D eigenvalue weighted by molar-refractivity contribution is 5.69. The van der Waals surface area contributed by atoms with Crippen LogP contribution in [0.15, 0.2) is 6.20 Å². The van der Waals surface area contributed by atoms with E-state index < -0.39 is 0 Å². The highest BCUT2D eigenvalue weighted by atomic mass is 16.5. The Morgan fingerprint density at radius 2 is 2.35 bits per heavy atom. The van der Waals surface area contributed by atoms with Gasteiger partial charge in [-0.1, -0.05) is 6.92 Å². The fraction of sp³-hybridized carbons (Fsp3) is 0.667. The molecule has 0 aliphatic rings. The number of hydrogen-bond donors (Lipinski definition) is 1. The molecule has 0 amide bonds. The number of ether oxygens (including phenoxy) is 1. The molecule has 5 heteroatoms. The summed E-state index contributed by atoms with van der Waals surface area (Å²) in [7, 11) is 3.33. The molecule has 1 N–H and O–H groups in total. The average Bonchev–Trinajstić information content (AvgIpc) is 2.66. The lowest BCUT2D eigenvalue weighted by atomic mass is 10.2. The Kier molecular flexibility index (Phi) is 5.15. The monoisotopic (exact) mass is 239 g/mol. The van der Waals surface area contributed by atoms with Gasteiger partial charge in [0.15, 0.2) is 0 Å². The van der Waals surface area contributed by atoms with Gasteiger partial charge in [-0.25, -0.2) is 0 Å². The fourth-order valence-corrected chi connectivity index (χ4v) is 1.72. The Balaban J connectivity index is 2.46. The highest BCUT2D eigenvalue weighted by Gasteiger charge is 2.10. The maximum Gasteiger partial charge on any atom is 0.307 e. The van der Waals surface area contributed by atoms with Crippen LogP contribution in [0.25, 0.3) is 0 Å². The number of hydrogen-bond acceptors (Lipinski definition) is 4. The van der Waals surface area contributed by atoms with Gasteiger partial charge in [0.05, 0.1) is 19.2 Å². The lowest BCUT2D eigenvalue weighted by Gasteiger charge is -2.11. The normalized spacial score (nSPS) is 12.5. The molecule has 0 aliphatic carbocycles. The lowest BCUT2D eigenvalue weighted by Crippen LogP contribution is -2.28. The van der Waals surface area contributed by atoms with Crippen molar-refractivity contribution in [3.05, 3.63) is 17.5 Å². The van der Waals surface area contributed by atoms with E-state index in [0.29, 0.717) is 6.42 Å². The molecule has 0 aliphatic heterocycles. The first-order valence-corrected chi connectivity index (χ1v) is 5.88. The van der Waals surface area contributed by atoms with E-state index in [1.807, 2.05) is 24.9 Å². The average molecular weight is 239 g/mol. The number of aryl methyl sites for hydroxylation is 2. The van der Waals surface area contributed by atoms with E-state index >= 15 is 0 Å². The predicted molar refractivity (Wildman–Crippen MR) is 65.5 cm³/mol. The molecule has 0 saturated carbocycles. The maximum atomic E-state index is 11.1. The van der Waals surface area contributed by atoms with E-state index in [2.05, 4.69) is 22.1 Å². The number of esters is 1. The molecule has 5 nitrogen and oxygen atoms in total. The van der Waals surface area contributed by atoms with Crippen molar-refractivity contribution in [1.29, 1.82) is 0 Å². The van der Waals surface area contributed by atoms with Crippen molar-refractivity contribution in [3.8, 4) is 0 Å². The third kappa shape index (κ3) is 4.19. The van der Waals surface area contributed by atoms with Crippen LogP contribution in [-0.2, 0) is 29.5 Å². The van der Waals surface area contributed by atoms with Gasteiger partial charge in [-0.3, -0.25) is 9.48 Å². The zero-order chi connectivity index (χ0) is 12.8. The third-order valence-corrected chi connectivity index (χ3v) is 2.67. The summed E-state index contributed by atoms with van der Waals surface area (Å²) in [5, 5.41) is 7.67. The van der Waals surface area contributed by atoms with Crippen LogP contribution in [0.3, 0.4) is 0 Å². The summed E-state index contributed by atoms with van der Waals surface area (Å²) in [4.78, 5) is 11.1. The number of nitrogens with zero attached hydrogens (tertiary/aromatic N) is 2. The minimum absolute atomic E-state index is 0.104. The second-order valence-electron chi connectivity index (χ2n) is 4.19. The Bertz CT molecular complexity index is 374. The molecule has 0 aromatic carbocycles. The van der Waals surface area contributed by atoms with Crippen LogP contribution >= 0.6 is 0 Å². The van der Waals surface area contributed by atoms with Crippen molar-refractivity contribution >= 4 is 5.97 Å². The molecule has 1 unspecified atom stereocenters. The van der Waals surface area contributed by atoms with Gasteiger partial charge in [0.2, 0.25) is 0 Å². The molecule has 0 spiro atoms. The highest BCUT2D eigenvalue weighted by Crippen LogP contribution is 2.07. The smallest absolute Gasteiger partial charge is 0.307 e. The number of carbonyl (C=O) groups is 1. The zero-order valence-corrected chi connectivity index (χ0v) is 11.0. The Hall–Kier alpha value is -1.36.